The Hall–Kier alpha value is -2.61. The first kappa shape index (κ1) is 18.2. The molecule has 0 saturated heterocycles. The van der Waals surface area contributed by atoms with E-state index in [1.54, 1.807) is 0 Å². The molecule has 0 aliphatic heterocycles. The highest BCUT2D eigenvalue weighted by atomic mass is 15.0. The van der Waals surface area contributed by atoms with Gasteiger partial charge in [-0.05, 0) is 75.4 Å². The molecule has 0 fully saturated rings. The number of aryl methyl sites for hydroxylation is 5. The summed E-state index contributed by atoms with van der Waals surface area (Å²) in [4.78, 5) is 4.77. The first-order valence-electron chi connectivity index (χ1n) is 9.31. The predicted molar refractivity (Wildman–Crippen MR) is 113 cm³/mol. The van der Waals surface area contributed by atoms with Crippen molar-refractivity contribution in [1.82, 2.24) is 4.57 Å². The lowest BCUT2D eigenvalue weighted by Crippen LogP contribution is -2.05. The number of rotatable bonds is 4. The minimum absolute atomic E-state index is 1.03. The summed E-state index contributed by atoms with van der Waals surface area (Å²) in [5.41, 5.74) is 11.1. The molecule has 26 heavy (non-hydrogen) atoms. The first-order chi connectivity index (χ1) is 12.4. The third kappa shape index (κ3) is 3.37. The molecule has 0 saturated carbocycles. The maximum atomic E-state index is 4.77. The van der Waals surface area contributed by atoms with E-state index >= 15 is 0 Å². The summed E-state index contributed by atoms with van der Waals surface area (Å²) in [7, 11) is 0. The average molecular weight is 345 g/mol. The van der Waals surface area contributed by atoms with E-state index in [9.17, 15) is 0 Å². The molecule has 3 rings (SSSR count). The van der Waals surface area contributed by atoms with E-state index in [2.05, 4.69) is 88.6 Å². The summed E-state index contributed by atoms with van der Waals surface area (Å²) in [5.74, 6) is 0. The van der Waals surface area contributed by atoms with E-state index in [0.29, 0.717) is 0 Å². The summed E-state index contributed by atoms with van der Waals surface area (Å²) < 4.78 is 2.37. The van der Waals surface area contributed by atoms with Gasteiger partial charge in [-0.25, -0.2) is 0 Å². The smallest absolute Gasteiger partial charge is 0.0661 e. The third-order valence-electron chi connectivity index (χ3n) is 5.10. The van der Waals surface area contributed by atoms with Gasteiger partial charge in [0.05, 0.1) is 11.4 Å². The second-order valence-corrected chi connectivity index (χ2v) is 7.15. The fraction of sp³-hybridized carbons (Fsp3) is 0.292. The summed E-state index contributed by atoms with van der Waals surface area (Å²) in [5, 5.41) is 0. The van der Waals surface area contributed by atoms with E-state index in [0.717, 1.165) is 12.1 Å². The van der Waals surface area contributed by atoms with Crippen molar-refractivity contribution in [1.29, 1.82) is 0 Å². The van der Waals surface area contributed by atoms with Crippen LogP contribution in [0.3, 0.4) is 0 Å². The average Bonchev–Trinajstić information content (AvgIpc) is 2.89. The molecular weight excluding hydrogens is 316 g/mol. The van der Waals surface area contributed by atoms with Gasteiger partial charge >= 0.3 is 0 Å². The Labute approximate surface area is 157 Å². The molecule has 1 heterocycles. The van der Waals surface area contributed by atoms with Gasteiger partial charge in [0.2, 0.25) is 0 Å². The van der Waals surface area contributed by atoms with Crippen LogP contribution in [0.5, 0.6) is 0 Å². The zero-order chi connectivity index (χ0) is 18.8. The van der Waals surface area contributed by atoms with Gasteiger partial charge in [-0.2, -0.15) is 0 Å². The van der Waals surface area contributed by atoms with Crippen molar-refractivity contribution >= 4 is 11.9 Å². The predicted octanol–water partition coefficient (Wildman–Crippen LogP) is 6.33. The largest absolute Gasteiger partial charge is 0.317 e. The van der Waals surface area contributed by atoms with Crippen molar-refractivity contribution in [2.24, 2.45) is 4.99 Å². The van der Waals surface area contributed by atoms with Crippen molar-refractivity contribution in [2.75, 3.05) is 0 Å². The Kier molecular flexibility index (Phi) is 5.13. The van der Waals surface area contributed by atoms with Crippen LogP contribution in [0.2, 0.25) is 0 Å². The molecule has 2 nitrogen and oxygen atoms in total. The van der Waals surface area contributed by atoms with Crippen molar-refractivity contribution in [3.63, 3.8) is 0 Å². The van der Waals surface area contributed by atoms with Crippen molar-refractivity contribution in [2.45, 2.75) is 48.0 Å². The van der Waals surface area contributed by atoms with Gasteiger partial charge in [-0.1, -0.05) is 37.3 Å². The van der Waals surface area contributed by atoms with Crippen LogP contribution in [-0.2, 0) is 6.42 Å². The lowest BCUT2D eigenvalue weighted by atomic mass is 10.1. The second kappa shape index (κ2) is 7.33. The lowest BCUT2D eigenvalue weighted by molar-refractivity contribution is 0.926. The summed E-state index contributed by atoms with van der Waals surface area (Å²) >= 11 is 0. The molecule has 0 spiro atoms. The molecule has 134 valence electrons. The standard InChI is InChI=1S/C24H28N2/c1-7-21-10-8-9-18(4)24(21)26-19(5)14-22(20(26)6)15-25-23-13-16(2)11-12-17(23)3/h8-15H,7H2,1-6H3. The number of para-hydroxylation sites is 1. The highest BCUT2D eigenvalue weighted by molar-refractivity contribution is 5.84. The highest BCUT2D eigenvalue weighted by Crippen LogP contribution is 2.27. The third-order valence-corrected chi connectivity index (χ3v) is 5.10. The van der Waals surface area contributed by atoms with Crippen LogP contribution in [-0.4, -0.2) is 10.8 Å². The van der Waals surface area contributed by atoms with Gasteiger partial charge < -0.3 is 4.57 Å². The van der Waals surface area contributed by atoms with E-state index in [-0.39, 0.29) is 0 Å². The lowest BCUT2D eigenvalue weighted by Gasteiger charge is -2.17. The van der Waals surface area contributed by atoms with Crippen LogP contribution in [0, 0.1) is 34.6 Å². The molecule has 0 bridgehead atoms. The fourth-order valence-corrected chi connectivity index (χ4v) is 3.58. The van der Waals surface area contributed by atoms with Crippen molar-refractivity contribution < 1.29 is 0 Å². The van der Waals surface area contributed by atoms with E-state index in [1.807, 2.05) is 6.21 Å². The number of hydrogen-bond donors (Lipinski definition) is 0. The van der Waals surface area contributed by atoms with Crippen molar-refractivity contribution in [3.8, 4) is 5.69 Å². The molecule has 3 aromatic rings. The Morgan fingerprint density at radius 1 is 0.923 bits per heavy atom. The monoisotopic (exact) mass is 344 g/mol. The molecule has 2 aromatic carbocycles. The van der Waals surface area contributed by atoms with Crippen LogP contribution in [0.15, 0.2) is 47.5 Å². The van der Waals surface area contributed by atoms with Gasteiger partial charge in [0, 0.05) is 23.2 Å². The number of nitrogens with zero attached hydrogens (tertiary/aromatic N) is 2. The summed E-state index contributed by atoms with van der Waals surface area (Å²) in [6.45, 7) is 13.0. The molecule has 0 amide bonds. The summed E-state index contributed by atoms with van der Waals surface area (Å²) in [6.07, 6.45) is 3.03. The molecule has 0 radical (unpaired) electrons. The topological polar surface area (TPSA) is 17.3 Å². The SMILES string of the molecule is CCc1cccc(C)c1-n1c(C)cc(C=Nc2cc(C)ccc2C)c1C. The molecule has 0 unspecified atom stereocenters. The number of hydrogen-bond acceptors (Lipinski definition) is 1. The van der Waals surface area contributed by atoms with Gasteiger partial charge in [0.1, 0.15) is 0 Å². The normalized spacial score (nSPS) is 11.5. The summed E-state index contributed by atoms with van der Waals surface area (Å²) in [6, 6.07) is 15.2. The Morgan fingerprint density at radius 3 is 2.42 bits per heavy atom. The highest BCUT2D eigenvalue weighted by Gasteiger charge is 2.14. The van der Waals surface area contributed by atoms with Gasteiger partial charge in [0.15, 0.2) is 0 Å². The van der Waals surface area contributed by atoms with Crippen LogP contribution < -0.4 is 0 Å². The molecular formula is C24H28N2. The number of aromatic nitrogens is 1. The van der Waals surface area contributed by atoms with Crippen LogP contribution in [0.25, 0.3) is 5.69 Å². The fourth-order valence-electron chi connectivity index (χ4n) is 3.58. The Balaban J connectivity index is 2.07. The van der Waals surface area contributed by atoms with Gasteiger partial charge in [-0.3, -0.25) is 4.99 Å². The maximum Gasteiger partial charge on any atom is 0.0661 e. The zero-order valence-corrected chi connectivity index (χ0v) is 16.7. The molecule has 0 N–H and O–H groups in total. The number of aliphatic imine (C=N–C) groups is 1. The minimum atomic E-state index is 1.03. The minimum Gasteiger partial charge on any atom is -0.317 e. The molecule has 0 aliphatic rings. The zero-order valence-electron chi connectivity index (χ0n) is 16.7. The second-order valence-electron chi connectivity index (χ2n) is 7.15. The first-order valence-corrected chi connectivity index (χ1v) is 9.31. The number of benzene rings is 2. The van der Waals surface area contributed by atoms with Crippen molar-refractivity contribution in [3.05, 3.63) is 81.7 Å². The van der Waals surface area contributed by atoms with Crippen LogP contribution >= 0.6 is 0 Å². The van der Waals surface area contributed by atoms with E-state index < -0.39 is 0 Å². The molecule has 2 heteroatoms. The molecule has 0 atom stereocenters. The van der Waals surface area contributed by atoms with Gasteiger partial charge in [0.25, 0.3) is 0 Å². The Morgan fingerprint density at radius 2 is 1.69 bits per heavy atom. The maximum absolute atomic E-state index is 4.77. The van der Waals surface area contributed by atoms with Crippen LogP contribution in [0.4, 0.5) is 5.69 Å². The van der Waals surface area contributed by atoms with E-state index in [1.165, 1.54) is 44.9 Å². The quantitative estimate of drug-likeness (QED) is 0.492. The van der Waals surface area contributed by atoms with E-state index in [4.69, 9.17) is 4.99 Å². The molecule has 0 aliphatic carbocycles. The molecule has 1 aromatic heterocycles. The van der Waals surface area contributed by atoms with Gasteiger partial charge in [-0.15, -0.1) is 0 Å². The van der Waals surface area contributed by atoms with Crippen LogP contribution in [0.1, 0.15) is 46.1 Å². The Bertz CT molecular complexity index is 974.